The van der Waals surface area contributed by atoms with Gasteiger partial charge in [-0.3, -0.25) is 4.79 Å². The van der Waals surface area contributed by atoms with E-state index in [0.717, 1.165) is 23.3 Å². The highest BCUT2D eigenvalue weighted by Crippen LogP contribution is 2.13. The monoisotopic (exact) mass is 392 g/mol. The molecule has 150 valence electrons. The van der Waals surface area contributed by atoms with E-state index in [1.807, 2.05) is 54.6 Å². The van der Waals surface area contributed by atoms with Gasteiger partial charge in [0.25, 0.3) is 5.91 Å². The van der Waals surface area contributed by atoms with E-state index < -0.39 is 0 Å². The molecule has 0 atom stereocenters. The molecular weight excluding hydrogens is 368 g/mol. The fourth-order valence-electron chi connectivity index (χ4n) is 2.42. The van der Waals surface area contributed by atoms with Crippen LogP contribution in [0.3, 0.4) is 0 Å². The van der Waals surface area contributed by atoms with Crippen LogP contribution < -0.4 is 10.2 Å². The summed E-state index contributed by atoms with van der Waals surface area (Å²) in [6.07, 6.45) is 2.59. The molecule has 3 rings (SSSR count). The number of hydrogen-bond acceptors (Lipinski definition) is 6. The minimum Gasteiger partial charge on any atom is -0.494 e. The summed E-state index contributed by atoms with van der Waals surface area (Å²) in [5.41, 5.74) is 4.16. The summed E-state index contributed by atoms with van der Waals surface area (Å²) in [5.74, 6) is 1.56. The van der Waals surface area contributed by atoms with Gasteiger partial charge in [-0.05, 0) is 47.4 Å². The summed E-state index contributed by atoms with van der Waals surface area (Å²) in [6.45, 7) is 4.96. The summed E-state index contributed by atoms with van der Waals surface area (Å²) in [5, 5.41) is 16.0. The maximum Gasteiger partial charge on any atom is 0.263 e. The zero-order valence-electron chi connectivity index (χ0n) is 16.5. The van der Waals surface area contributed by atoms with E-state index in [2.05, 4.69) is 39.8 Å². The fraction of sp³-hybridized carbons (Fsp3) is 0.286. The molecule has 0 saturated carbocycles. The summed E-state index contributed by atoms with van der Waals surface area (Å²) in [7, 11) is 0. The van der Waals surface area contributed by atoms with Crippen molar-refractivity contribution in [1.29, 1.82) is 0 Å². The Bertz CT molecular complexity index is 935. The second-order valence-corrected chi connectivity index (χ2v) is 6.90. The molecule has 1 aromatic heterocycles. The van der Waals surface area contributed by atoms with Gasteiger partial charge < -0.3 is 4.74 Å². The number of rotatable bonds is 9. The molecule has 1 heterocycles. The van der Waals surface area contributed by atoms with E-state index in [-0.39, 0.29) is 12.5 Å². The van der Waals surface area contributed by atoms with E-state index in [1.54, 1.807) is 6.21 Å². The molecule has 0 radical (unpaired) electrons. The highest BCUT2D eigenvalue weighted by atomic mass is 16.5. The summed E-state index contributed by atoms with van der Waals surface area (Å²) >= 11 is 0. The quantitative estimate of drug-likeness (QED) is 0.446. The molecule has 2 aromatic carbocycles. The van der Waals surface area contributed by atoms with Crippen molar-refractivity contribution in [2.75, 3.05) is 6.61 Å². The summed E-state index contributed by atoms with van der Waals surface area (Å²) in [4.78, 5) is 13.2. The normalized spacial score (nSPS) is 11.1. The van der Waals surface area contributed by atoms with Crippen molar-refractivity contribution in [2.45, 2.75) is 26.8 Å². The predicted octanol–water partition coefficient (Wildman–Crippen LogP) is 2.92. The second-order valence-electron chi connectivity index (χ2n) is 6.90. The molecule has 1 amide bonds. The first-order valence-corrected chi connectivity index (χ1v) is 9.48. The fourth-order valence-corrected chi connectivity index (χ4v) is 2.42. The number of carbonyl (C=O) groups excluding carboxylic acids is 1. The van der Waals surface area contributed by atoms with Crippen LogP contribution in [0.15, 0.2) is 59.7 Å². The van der Waals surface area contributed by atoms with Crippen molar-refractivity contribution in [3.05, 3.63) is 60.2 Å². The minimum atomic E-state index is -0.341. The van der Waals surface area contributed by atoms with Gasteiger partial charge in [0.15, 0.2) is 0 Å². The number of nitrogens with zero attached hydrogens (tertiary/aromatic N) is 5. The third kappa shape index (κ3) is 6.53. The standard InChI is InChI=1S/C21H24N6O2/c1-16(2)12-13-29-19-10-8-17(9-11-19)14-22-23-20(28)15-27-25-21(24-26-27)18-6-4-3-5-7-18/h3-11,14,16H,12-13,15H2,1-2H3,(H,23,28)/b22-14-. The van der Waals surface area contributed by atoms with Crippen LogP contribution in [0.4, 0.5) is 0 Å². The average Bonchev–Trinajstić information content (AvgIpc) is 3.18. The Balaban J connectivity index is 1.45. The Labute approximate surface area is 169 Å². The van der Waals surface area contributed by atoms with Gasteiger partial charge in [0.2, 0.25) is 5.82 Å². The van der Waals surface area contributed by atoms with E-state index in [1.165, 1.54) is 4.80 Å². The first kappa shape index (κ1) is 20.2. The molecule has 0 spiro atoms. The number of carbonyl (C=O) groups is 1. The third-order valence-corrected chi connectivity index (χ3v) is 4.02. The Kier molecular flexibility index (Phi) is 7.05. The largest absolute Gasteiger partial charge is 0.494 e. The predicted molar refractivity (Wildman–Crippen MR) is 110 cm³/mol. The van der Waals surface area contributed by atoms with E-state index in [9.17, 15) is 4.79 Å². The number of tetrazole rings is 1. The first-order chi connectivity index (χ1) is 14.1. The lowest BCUT2D eigenvalue weighted by Gasteiger charge is -2.07. The van der Waals surface area contributed by atoms with Gasteiger partial charge >= 0.3 is 0 Å². The van der Waals surface area contributed by atoms with Crippen molar-refractivity contribution in [3.8, 4) is 17.1 Å². The zero-order chi connectivity index (χ0) is 20.5. The van der Waals surface area contributed by atoms with Gasteiger partial charge in [-0.1, -0.05) is 44.2 Å². The SMILES string of the molecule is CC(C)CCOc1ccc(/C=N\NC(=O)Cn2nnc(-c3ccccc3)n2)cc1. The van der Waals surface area contributed by atoms with Crippen LogP contribution in [0, 0.1) is 5.92 Å². The molecule has 3 aromatic rings. The molecule has 0 fully saturated rings. The second kappa shape index (κ2) is 10.1. The first-order valence-electron chi connectivity index (χ1n) is 9.48. The van der Waals surface area contributed by atoms with Crippen molar-refractivity contribution in [2.24, 2.45) is 11.0 Å². The Morgan fingerprint density at radius 1 is 1.17 bits per heavy atom. The van der Waals surface area contributed by atoms with Crippen LogP contribution in [0.25, 0.3) is 11.4 Å². The Hall–Kier alpha value is -3.55. The molecule has 0 bridgehead atoms. The maximum atomic E-state index is 12.0. The van der Waals surface area contributed by atoms with Crippen LogP contribution >= 0.6 is 0 Å². The molecular formula is C21H24N6O2. The lowest BCUT2D eigenvalue weighted by Crippen LogP contribution is -2.24. The number of benzene rings is 2. The van der Waals surface area contributed by atoms with Crippen LogP contribution in [0.1, 0.15) is 25.8 Å². The smallest absolute Gasteiger partial charge is 0.263 e. The molecule has 8 heteroatoms. The van der Waals surface area contributed by atoms with Gasteiger partial charge in [-0.2, -0.15) is 9.90 Å². The molecule has 29 heavy (non-hydrogen) atoms. The van der Waals surface area contributed by atoms with Gasteiger partial charge in [-0.15, -0.1) is 10.2 Å². The molecule has 0 unspecified atom stereocenters. The topological polar surface area (TPSA) is 94.3 Å². The Morgan fingerprint density at radius 2 is 1.93 bits per heavy atom. The maximum absolute atomic E-state index is 12.0. The molecule has 0 aliphatic rings. The van der Waals surface area contributed by atoms with Crippen molar-refractivity contribution < 1.29 is 9.53 Å². The third-order valence-electron chi connectivity index (χ3n) is 4.02. The summed E-state index contributed by atoms with van der Waals surface area (Å²) in [6, 6.07) is 17.0. The molecule has 1 N–H and O–H groups in total. The number of aromatic nitrogens is 4. The van der Waals surface area contributed by atoms with Gasteiger partial charge in [-0.25, -0.2) is 5.43 Å². The minimum absolute atomic E-state index is 0.0696. The molecule has 0 saturated heterocycles. The highest BCUT2D eigenvalue weighted by molar-refractivity contribution is 5.82. The Morgan fingerprint density at radius 3 is 2.66 bits per heavy atom. The highest BCUT2D eigenvalue weighted by Gasteiger charge is 2.08. The van der Waals surface area contributed by atoms with Crippen LogP contribution in [-0.2, 0) is 11.3 Å². The van der Waals surface area contributed by atoms with Crippen molar-refractivity contribution in [3.63, 3.8) is 0 Å². The van der Waals surface area contributed by atoms with Crippen LogP contribution in [-0.4, -0.2) is 38.9 Å². The van der Waals surface area contributed by atoms with Gasteiger partial charge in [0.1, 0.15) is 12.3 Å². The van der Waals surface area contributed by atoms with Gasteiger partial charge in [0.05, 0.1) is 12.8 Å². The van der Waals surface area contributed by atoms with Crippen molar-refractivity contribution >= 4 is 12.1 Å². The van der Waals surface area contributed by atoms with Crippen molar-refractivity contribution in [1.82, 2.24) is 25.6 Å². The number of hydrazone groups is 1. The van der Waals surface area contributed by atoms with E-state index >= 15 is 0 Å². The zero-order valence-corrected chi connectivity index (χ0v) is 16.5. The van der Waals surface area contributed by atoms with Gasteiger partial charge in [0, 0.05) is 5.56 Å². The molecule has 0 aliphatic carbocycles. The molecule has 0 aliphatic heterocycles. The molecule has 8 nitrogen and oxygen atoms in total. The van der Waals surface area contributed by atoms with E-state index in [4.69, 9.17) is 4.74 Å². The van der Waals surface area contributed by atoms with Crippen LogP contribution in [0.5, 0.6) is 5.75 Å². The average molecular weight is 392 g/mol. The number of ether oxygens (including phenoxy) is 1. The lowest BCUT2D eigenvalue weighted by molar-refractivity contribution is -0.122. The number of amides is 1. The lowest BCUT2D eigenvalue weighted by atomic mass is 10.1. The summed E-state index contributed by atoms with van der Waals surface area (Å²) < 4.78 is 5.68. The van der Waals surface area contributed by atoms with Crippen LogP contribution in [0.2, 0.25) is 0 Å². The number of nitrogens with one attached hydrogen (secondary N) is 1. The number of hydrogen-bond donors (Lipinski definition) is 1. The van der Waals surface area contributed by atoms with E-state index in [0.29, 0.717) is 18.3 Å².